The fraction of sp³-hybridized carbons (Fsp3) is 0.333. The molecule has 0 fully saturated rings. The Balaban J connectivity index is 3.25. The number of ether oxygens (including phenoxy) is 2. The summed E-state index contributed by atoms with van der Waals surface area (Å²) in [5, 5.41) is 0.0742. The predicted molar refractivity (Wildman–Crippen MR) is 53.5 cm³/mol. The van der Waals surface area contributed by atoms with Gasteiger partial charge in [0.25, 0.3) is 0 Å². The van der Waals surface area contributed by atoms with Crippen LogP contribution in [0.15, 0.2) is 6.07 Å². The smallest absolute Gasteiger partial charge is 0.189 e. The lowest BCUT2D eigenvalue weighted by atomic mass is 10.2. The summed E-state index contributed by atoms with van der Waals surface area (Å²) in [5.41, 5.74) is 5.26. The van der Waals surface area contributed by atoms with Gasteiger partial charge in [0.1, 0.15) is 10.8 Å². The van der Waals surface area contributed by atoms with Gasteiger partial charge >= 0.3 is 0 Å². The van der Waals surface area contributed by atoms with E-state index in [0.717, 1.165) is 0 Å². The Kier molecular flexibility index (Phi) is 3.41. The van der Waals surface area contributed by atoms with Crippen LogP contribution in [0.4, 0.5) is 10.1 Å². The fourth-order valence-electron chi connectivity index (χ4n) is 1.02. The van der Waals surface area contributed by atoms with Crippen molar-refractivity contribution in [3.8, 4) is 11.5 Å². The van der Waals surface area contributed by atoms with E-state index in [1.165, 1.54) is 13.2 Å². The first-order valence-corrected chi connectivity index (χ1v) is 4.43. The quantitative estimate of drug-likeness (QED) is 0.795. The number of nitrogen functional groups attached to an aromatic ring is 1. The van der Waals surface area contributed by atoms with Gasteiger partial charge < -0.3 is 15.2 Å². The van der Waals surface area contributed by atoms with Crippen molar-refractivity contribution in [1.82, 2.24) is 0 Å². The van der Waals surface area contributed by atoms with E-state index >= 15 is 0 Å². The third-order valence-electron chi connectivity index (χ3n) is 1.69. The molecule has 0 aliphatic rings. The monoisotopic (exact) mass is 219 g/mol. The zero-order chi connectivity index (χ0) is 10.7. The maximum Gasteiger partial charge on any atom is 0.189 e. The molecule has 0 atom stereocenters. The van der Waals surface area contributed by atoms with E-state index in [9.17, 15) is 4.39 Å². The molecule has 0 unspecified atom stereocenters. The molecule has 0 aliphatic carbocycles. The Morgan fingerprint density at radius 2 is 2.14 bits per heavy atom. The number of rotatable bonds is 3. The summed E-state index contributed by atoms with van der Waals surface area (Å²) in [4.78, 5) is 0. The molecule has 0 aromatic heterocycles. The van der Waals surface area contributed by atoms with Gasteiger partial charge in [-0.1, -0.05) is 11.6 Å². The molecule has 0 saturated carbocycles. The van der Waals surface area contributed by atoms with E-state index in [1.54, 1.807) is 6.92 Å². The molecule has 0 amide bonds. The lowest BCUT2D eigenvalue weighted by Crippen LogP contribution is -2.00. The SMILES string of the molecule is CCOc1cc(OC)c(F)c(N)c1Cl. The van der Waals surface area contributed by atoms with Gasteiger partial charge in [0.05, 0.1) is 19.4 Å². The summed E-state index contributed by atoms with van der Waals surface area (Å²) >= 11 is 5.76. The van der Waals surface area contributed by atoms with Crippen molar-refractivity contribution in [3.63, 3.8) is 0 Å². The van der Waals surface area contributed by atoms with Crippen molar-refractivity contribution in [3.05, 3.63) is 16.9 Å². The van der Waals surface area contributed by atoms with Crippen LogP contribution in [0.25, 0.3) is 0 Å². The number of halogens is 2. The highest BCUT2D eigenvalue weighted by molar-refractivity contribution is 6.34. The Bertz CT molecular complexity index is 344. The Labute approximate surface area is 86.6 Å². The molecule has 14 heavy (non-hydrogen) atoms. The molecular formula is C9H11ClFNO2. The molecule has 0 bridgehead atoms. The number of benzene rings is 1. The molecule has 0 spiro atoms. The number of nitrogens with two attached hydrogens (primary N) is 1. The zero-order valence-corrected chi connectivity index (χ0v) is 8.69. The van der Waals surface area contributed by atoms with Crippen molar-refractivity contribution < 1.29 is 13.9 Å². The number of hydrogen-bond acceptors (Lipinski definition) is 3. The van der Waals surface area contributed by atoms with E-state index in [-0.39, 0.29) is 16.5 Å². The molecule has 0 radical (unpaired) electrons. The van der Waals surface area contributed by atoms with E-state index in [4.69, 9.17) is 26.8 Å². The van der Waals surface area contributed by atoms with Gasteiger partial charge in [-0.2, -0.15) is 0 Å². The summed E-state index contributed by atoms with van der Waals surface area (Å²) in [5.74, 6) is -0.318. The summed E-state index contributed by atoms with van der Waals surface area (Å²) < 4.78 is 23.2. The van der Waals surface area contributed by atoms with Crippen molar-refractivity contribution in [2.24, 2.45) is 0 Å². The van der Waals surface area contributed by atoms with Gasteiger partial charge in [-0.15, -0.1) is 0 Å². The summed E-state index contributed by atoms with van der Waals surface area (Å²) in [6.45, 7) is 2.22. The van der Waals surface area contributed by atoms with Crippen LogP contribution in [0.3, 0.4) is 0 Å². The first-order chi connectivity index (χ1) is 6.61. The predicted octanol–water partition coefficient (Wildman–Crippen LogP) is 2.47. The van der Waals surface area contributed by atoms with Crippen LogP contribution >= 0.6 is 11.6 Å². The summed E-state index contributed by atoms with van der Waals surface area (Å²) in [6.07, 6.45) is 0. The number of methoxy groups -OCH3 is 1. The van der Waals surface area contributed by atoms with Crippen LogP contribution in [-0.4, -0.2) is 13.7 Å². The third kappa shape index (κ3) is 1.85. The van der Waals surface area contributed by atoms with Crippen LogP contribution in [-0.2, 0) is 0 Å². The van der Waals surface area contributed by atoms with Gasteiger partial charge in [-0.25, -0.2) is 4.39 Å². The minimum Gasteiger partial charge on any atom is -0.493 e. The van der Waals surface area contributed by atoms with E-state index in [1.807, 2.05) is 0 Å². The van der Waals surface area contributed by atoms with Gasteiger partial charge in [-0.05, 0) is 6.92 Å². The zero-order valence-electron chi connectivity index (χ0n) is 7.93. The lowest BCUT2D eigenvalue weighted by Gasteiger charge is -2.11. The second kappa shape index (κ2) is 4.37. The normalized spacial score (nSPS) is 10.0. The van der Waals surface area contributed by atoms with E-state index in [0.29, 0.717) is 12.4 Å². The summed E-state index contributed by atoms with van der Waals surface area (Å²) in [7, 11) is 1.35. The van der Waals surface area contributed by atoms with E-state index in [2.05, 4.69) is 0 Å². The Hall–Kier alpha value is -1.16. The van der Waals surface area contributed by atoms with Crippen LogP contribution in [0.1, 0.15) is 6.92 Å². The maximum atomic E-state index is 13.3. The number of anilines is 1. The van der Waals surface area contributed by atoms with Crippen LogP contribution < -0.4 is 15.2 Å². The van der Waals surface area contributed by atoms with Gasteiger partial charge in [0.15, 0.2) is 11.6 Å². The van der Waals surface area contributed by atoms with Gasteiger partial charge in [0.2, 0.25) is 0 Å². The summed E-state index contributed by atoms with van der Waals surface area (Å²) in [6, 6.07) is 1.37. The second-order valence-electron chi connectivity index (χ2n) is 2.55. The van der Waals surface area contributed by atoms with Gasteiger partial charge in [-0.3, -0.25) is 0 Å². The third-order valence-corrected chi connectivity index (χ3v) is 2.08. The van der Waals surface area contributed by atoms with Crippen LogP contribution in [0.2, 0.25) is 5.02 Å². The lowest BCUT2D eigenvalue weighted by molar-refractivity contribution is 0.333. The average Bonchev–Trinajstić information content (AvgIpc) is 2.19. The Morgan fingerprint density at radius 1 is 1.50 bits per heavy atom. The molecule has 5 heteroatoms. The molecule has 78 valence electrons. The highest BCUT2D eigenvalue weighted by atomic mass is 35.5. The topological polar surface area (TPSA) is 44.5 Å². The molecule has 0 heterocycles. The first kappa shape index (κ1) is 10.9. The standard InChI is InChI=1S/C9H11ClFNO2/c1-3-14-5-4-6(13-2)8(11)9(12)7(5)10/h4H,3,12H2,1-2H3. The fourth-order valence-corrected chi connectivity index (χ4v) is 1.21. The molecule has 0 saturated heterocycles. The molecule has 1 aromatic rings. The van der Waals surface area contributed by atoms with Crippen LogP contribution in [0.5, 0.6) is 11.5 Å². The minimum absolute atomic E-state index is 0.0235. The van der Waals surface area contributed by atoms with Gasteiger partial charge in [0, 0.05) is 6.07 Å². The molecule has 0 aliphatic heterocycles. The highest BCUT2D eigenvalue weighted by Crippen LogP contribution is 2.37. The van der Waals surface area contributed by atoms with Crippen molar-refractivity contribution in [2.75, 3.05) is 19.5 Å². The largest absolute Gasteiger partial charge is 0.493 e. The maximum absolute atomic E-state index is 13.3. The van der Waals surface area contributed by atoms with Crippen molar-refractivity contribution in [1.29, 1.82) is 0 Å². The molecule has 2 N–H and O–H groups in total. The minimum atomic E-state index is -0.666. The molecule has 1 rings (SSSR count). The molecule has 1 aromatic carbocycles. The number of hydrogen-bond donors (Lipinski definition) is 1. The van der Waals surface area contributed by atoms with Crippen molar-refractivity contribution in [2.45, 2.75) is 6.92 Å². The highest BCUT2D eigenvalue weighted by Gasteiger charge is 2.15. The molecular weight excluding hydrogens is 209 g/mol. The van der Waals surface area contributed by atoms with Crippen LogP contribution in [0, 0.1) is 5.82 Å². The second-order valence-corrected chi connectivity index (χ2v) is 2.93. The Morgan fingerprint density at radius 3 is 2.64 bits per heavy atom. The van der Waals surface area contributed by atoms with Crippen molar-refractivity contribution >= 4 is 17.3 Å². The first-order valence-electron chi connectivity index (χ1n) is 4.06. The molecule has 3 nitrogen and oxygen atoms in total. The van der Waals surface area contributed by atoms with E-state index < -0.39 is 5.82 Å². The average molecular weight is 220 g/mol.